The lowest BCUT2D eigenvalue weighted by molar-refractivity contribution is -0.146. The van der Waals surface area contributed by atoms with E-state index in [9.17, 15) is 29.1 Å². The number of carbonyl (C=O) groups is 5. The van der Waals surface area contributed by atoms with Gasteiger partial charge in [-0.15, -0.1) is 0 Å². The Hall–Kier alpha value is -3.30. The molecule has 224 valence electrons. The van der Waals surface area contributed by atoms with Gasteiger partial charge in [-0.2, -0.15) is 0 Å². The van der Waals surface area contributed by atoms with Gasteiger partial charge in [0.25, 0.3) is 0 Å². The largest absolute Gasteiger partial charge is 0.489 e. The van der Waals surface area contributed by atoms with E-state index in [0.29, 0.717) is 18.6 Å². The van der Waals surface area contributed by atoms with E-state index in [2.05, 4.69) is 15.6 Å². The third kappa shape index (κ3) is 7.51. The summed E-state index contributed by atoms with van der Waals surface area (Å²) >= 11 is 0. The van der Waals surface area contributed by atoms with E-state index in [1.807, 2.05) is 13.8 Å². The van der Waals surface area contributed by atoms with E-state index in [0.717, 1.165) is 32.1 Å². The Labute approximate surface area is 241 Å². The molecule has 3 aliphatic rings. The van der Waals surface area contributed by atoms with Gasteiger partial charge in [0.1, 0.15) is 23.7 Å². The predicted octanol–water partition coefficient (Wildman–Crippen LogP) is 3.47. The molecule has 1 aromatic rings. The van der Waals surface area contributed by atoms with Crippen LogP contribution in [0.25, 0.3) is 0 Å². The first kappa shape index (κ1) is 30.7. The van der Waals surface area contributed by atoms with E-state index in [4.69, 9.17) is 4.74 Å². The second-order valence-electron chi connectivity index (χ2n) is 12.6. The average Bonchev–Trinajstić information content (AvgIpc) is 3.61. The van der Waals surface area contributed by atoms with Crippen LogP contribution in [0.4, 0.5) is 0 Å². The summed E-state index contributed by atoms with van der Waals surface area (Å²) in [6, 6.07) is 1.90. The number of ether oxygens (including phenoxy) is 1. The third-order valence-electron chi connectivity index (χ3n) is 9.09. The van der Waals surface area contributed by atoms with E-state index in [-0.39, 0.29) is 54.5 Å². The fourth-order valence-electron chi connectivity index (χ4n) is 6.57. The van der Waals surface area contributed by atoms with Gasteiger partial charge in [0.2, 0.25) is 11.8 Å². The monoisotopic (exact) mass is 569 g/mol. The molecule has 3 fully saturated rings. The summed E-state index contributed by atoms with van der Waals surface area (Å²) < 4.78 is 6.09. The van der Waals surface area contributed by atoms with Crippen LogP contribution in [0.1, 0.15) is 85.0 Å². The first-order chi connectivity index (χ1) is 19.5. The van der Waals surface area contributed by atoms with Gasteiger partial charge >= 0.3 is 5.97 Å². The highest BCUT2D eigenvalue weighted by molar-refractivity contribution is 5.98. The molecule has 3 saturated carbocycles. The molecule has 10 nitrogen and oxygen atoms in total. The Morgan fingerprint density at radius 1 is 1.05 bits per heavy atom. The summed E-state index contributed by atoms with van der Waals surface area (Å²) in [5.41, 5.74) is -1.04. The van der Waals surface area contributed by atoms with Crippen LogP contribution in [0.5, 0.6) is 5.75 Å². The van der Waals surface area contributed by atoms with Crippen LogP contribution in [0, 0.1) is 29.1 Å². The van der Waals surface area contributed by atoms with E-state index >= 15 is 0 Å². The molecule has 0 aromatic carbocycles. The molecule has 41 heavy (non-hydrogen) atoms. The summed E-state index contributed by atoms with van der Waals surface area (Å²) in [7, 11) is 0. The fraction of sp³-hybridized carbons (Fsp3) is 0.677. The van der Waals surface area contributed by atoms with Gasteiger partial charge in [0.15, 0.2) is 5.78 Å². The van der Waals surface area contributed by atoms with Crippen molar-refractivity contribution < 1.29 is 33.8 Å². The summed E-state index contributed by atoms with van der Waals surface area (Å²) in [5.74, 6) is -3.33. The van der Waals surface area contributed by atoms with Crippen LogP contribution in [-0.2, 0) is 24.0 Å². The van der Waals surface area contributed by atoms with E-state index in [1.165, 1.54) is 6.92 Å². The Kier molecular flexibility index (Phi) is 9.81. The normalized spacial score (nSPS) is 25.1. The molecule has 0 saturated heterocycles. The van der Waals surface area contributed by atoms with Crippen molar-refractivity contribution in [2.45, 2.75) is 103 Å². The number of aliphatic carboxylic acids is 1. The molecule has 1 heterocycles. The minimum atomic E-state index is -1.04. The minimum absolute atomic E-state index is 0.000571. The maximum Gasteiger partial charge on any atom is 0.310 e. The van der Waals surface area contributed by atoms with Gasteiger partial charge in [-0.1, -0.05) is 33.1 Å². The number of hydrogen-bond donors (Lipinski definition) is 3. The van der Waals surface area contributed by atoms with Crippen LogP contribution >= 0.6 is 0 Å². The number of pyridine rings is 1. The quantitative estimate of drug-likeness (QED) is 0.327. The Morgan fingerprint density at radius 2 is 1.73 bits per heavy atom. The molecule has 0 bridgehead atoms. The maximum absolute atomic E-state index is 14.1. The standard InChI is InChI=1S/C31H43N3O7/c1-18(2)26(34-29(38)27(33-19(3)35)20-8-5-4-6-9-20)28(37)24-15-22(41-21-10-7-13-32-17-21)14-23(24)25(36)16-31(11-12-31)30(39)40/h7,10,13,17-18,20,22-24,26-27H,4-6,8-9,11-12,14-16H2,1-3H3,(H,33,35)(H,34,38)(H,39,40)/t22-,23-,24?,26+,27+/m1/s1. The summed E-state index contributed by atoms with van der Waals surface area (Å²) in [6.07, 6.45) is 8.85. The zero-order valence-electron chi connectivity index (χ0n) is 24.3. The summed E-state index contributed by atoms with van der Waals surface area (Å²) in [6.45, 7) is 5.07. The molecule has 4 rings (SSSR count). The van der Waals surface area contributed by atoms with Crippen molar-refractivity contribution in [1.82, 2.24) is 15.6 Å². The molecule has 3 aliphatic carbocycles. The SMILES string of the molecule is CC(=O)N[C@H](C(=O)N[C@H](C(=O)C1C[C@H](Oc2cccnc2)C[C@H]1C(=O)CC1(C(=O)O)CC1)C(C)C)C1CCCCC1. The number of nitrogens with zero attached hydrogens (tertiary/aromatic N) is 1. The number of ketones is 2. The van der Waals surface area contributed by atoms with Gasteiger partial charge in [-0.25, -0.2) is 0 Å². The van der Waals surface area contributed by atoms with Gasteiger partial charge < -0.3 is 20.5 Å². The first-order valence-electron chi connectivity index (χ1n) is 14.9. The highest BCUT2D eigenvalue weighted by atomic mass is 16.5. The molecule has 10 heteroatoms. The first-order valence-corrected chi connectivity index (χ1v) is 14.9. The number of rotatable bonds is 13. The van der Waals surface area contributed by atoms with Crippen molar-refractivity contribution in [3.63, 3.8) is 0 Å². The predicted molar refractivity (Wildman–Crippen MR) is 150 cm³/mol. The van der Waals surface area contributed by atoms with Crippen molar-refractivity contribution in [1.29, 1.82) is 0 Å². The molecule has 5 atom stereocenters. The Morgan fingerprint density at radius 3 is 2.29 bits per heavy atom. The van der Waals surface area contributed by atoms with Crippen molar-refractivity contribution in [3.05, 3.63) is 24.5 Å². The molecule has 0 radical (unpaired) electrons. The number of carboxylic acids is 1. The highest BCUT2D eigenvalue weighted by Crippen LogP contribution is 2.51. The topological polar surface area (TPSA) is 152 Å². The number of hydrogen-bond acceptors (Lipinski definition) is 7. The lowest BCUT2D eigenvalue weighted by atomic mass is 9.79. The number of aromatic nitrogens is 1. The molecule has 2 amide bonds. The lowest BCUT2D eigenvalue weighted by Gasteiger charge is -2.32. The molecular formula is C31H43N3O7. The second kappa shape index (κ2) is 13.1. The fourth-order valence-corrected chi connectivity index (χ4v) is 6.57. The van der Waals surface area contributed by atoms with Gasteiger partial charge in [0, 0.05) is 31.4 Å². The molecule has 3 N–H and O–H groups in total. The van der Waals surface area contributed by atoms with Crippen molar-refractivity contribution >= 4 is 29.4 Å². The highest BCUT2D eigenvalue weighted by Gasteiger charge is 2.54. The van der Waals surface area contributed by atoms with Gasteiger partial charge in [-0.05, 0) is 62.5 Å². The maximum atomic E-state index is 14.1. The van der Waals surface area contributed by atoms with Gasteiger partial charge in [0.05, 0.1) is 17.7 Å². The van der Waals surface area contributed by atoms with Crippen molar-refractivity contribution in [2.24, 2.45) is 29.1 Å². The molecule has 0 spiro atoms. The van der Waals surface area contributed by atoms with E-state index < -0.39 is 41.4 Å². The Balaban J connectivity index is 1.54. The van der Waals surface area contributed by atoms with Crippen molar-refractivity contribution in [3.8, 4) is 5.75 Å². The number of nitrogens with one attached hydrogen (secondary N) is 2. The Bertz CT molecular complexity index is 1130. The molecule has 1 unspecified atom stereocenters. The smallest absolute Gasteiger partial charge is 0.310 e. The van der Waals surface area contributed by atoms with Crippen LogP contribution < -0.4 is 15.4 Å². The van der Waals surface area contributed by atoms with Crippen LogP contribution in [-0.4, -0.2) is 57.6 Å². The number of carbonyl (C=O) groups excluding carboxylic acids is 4. The van der Waals surface area contributed by atoms with Crippen molar-refractivity contribution in [2.75, 3.05) is 0 Å². The van der Waals surface area contributed by atoms with Crippen LogP contribution in [0.2, 0.25) is 0 Å². The lowest BCUT2D eigenvalue weighted by Crippen LogP contribution is -2.56. The van der Waals surface area contributed by atoms with E-state index in [1.54, 1.807) is 24.5 Å². The second-order valence-corrected chi connectivity index (χ2v) is 12.6. The van der Waals surface area contributed by atoms with Crippen LogP contribution in [0.15, 0.2) is 24.5 Å². The molecular weight excluding hydrogens is 526 g/mol. The number of amides is 2. The number of Topliss-reactive ketones (excluding diaryl/α,β-unsaturated/α-hetero) is 2. The minimum Gasteiger partial charge on any atom is -0.489 e. The summed E-state index contributed by atoms with van der Waals surface area (Å²) in [5, 5.41) is 15.4. The zero-order valence-corrected chi connectivity index (χ0v) is 24.3. The summed E-state index contributed by atoms with van der Waals surface area (Å²) in [4.78, 5) is 69.1. The van der Waals surface area contributed by atoms with Gasteiger partial charge in [-0.3, -0.25) is 29.0 Å². The third-order valence-corrected chi connectivity index (χ3v) is 9.09. The molecule has 0 aliphatic heterocycles. The zero-order chi connectivity index (χ0) is 29.7. The van der Waals surface area contributed by atoms with Crippen LogP contribution in [0.3, 0.4) is 0 Å². The average molecular weight is 570 g/mol. The number of carboxylic acid groups (broad SMARTS) is 1. The molecule has 1 aromatic heterocycles.